The number of carbonyl (C=O) groups excluding carboxylic acids is 1. The van der Waals surface area contributed by atoms with Crippen molar-refractivity contribution in [1.82, 2.24) is 9.55 Å². The maximum Gasteiger partial charge on any atom is 0.356 e. The predicted octanol–water partition coefficient (Wildman–Crippen LogP) is 3.70. The first-order valence-electron chi connectivity index (χ1n) is 7.60. The Morgan fingerprint density at radius 1 is 1.04 bits per heavy atom. The first kappa shape index (κ1) is 15.0. The molecule has 0 saturated heterocycles. The van der Waals surface area contributed by atoms with E-state index in [9.17, 15) is 4.79 Å². The van der Waals surface area contributed by atoms with E-state index in [0.29, 0.717) is 12.3 Å². The standard InChI is InChI=1S/C19H18N2O2/c1-2-23-19(22)17-13-20-14-21(17)18(15-9-5-3-6-10-15)16-11-7-4-8-12-16/h3-14,18H,2H2,1H3. The molecule has 4 heteroatoms. The molecule has 3 rings (SSSR count). The molecule has 0 radical (unpaired) electrons. The van der Waals surface area contributed by atoms with Crippen molar-refractivity contribution in [2.45, 2.75) is 13.0 Å². The van der Waals surface area contributed by atoms with Crippen molar-refractivity contribution in [3.63, 3.8) is 0 Å². The number of carbonyl (C=O) groups is 1. The minimum atomic E-state index is -0.359. The maximum absolute atomic E-state index is 12.2. The fourth-order valence-electron chi connectivity index (χ4n) is 2.66. The Bertz CT molecular complexity index is 727. The lowest BCUT2D eigenvalue weighted by Gasteiger charge is -2.21. The summed E-state index contributed by atoms with van der Waals surface area (Å²) in [5.74, 6) is -0.359. The van der Waals surface area contributed by atoms with Crippen molar-refractivity contribution in [3.8, 4) is 0 Å². The number of nitrogens with zero attached hydrogens (tertiary/aromatic N) is 2. The van der Waals surface area contributed by atoms with Crippen LogP contribution in [0, 0.1) is 0 Å². The molecule has 0 atom stereocenters. The SMILES string of the molecule is CCOC(=O)c1cncn1C(c1ccccc1)c1ccccc1. The summed E-state index contributed by atoms with van der Waals surface area (Å²) in [5.41, 5.74) is 2.62. The molecule has 0 aliphatic carbocycles. The van der Waals surface area contributed by atoms with Crippen molar-refractivity contribution < 1.29 is 9.53 Å². The van der Waals surface area contributed by atoms with Crippen LogP contribution in [0.25, 0.3) is 0 Å². The summed E-state index contributed by atoms with van der Waals surface area (Å²) in [7, 11) is 0. The number of benzene rings is 2. The lowest BCUT2D eigenvalue weighted by molar-refractivity contribution is 0.0513. The molecule has 0 unspecified atom stereocenters. The average molecular weight is 306 g/mol. The minimum Gasteiger partial charge on any atom is -0.461 e. The van der Waals surface area contributed by atoms with Crippen molar-refractivity contribution in [2.75, 3.05) is 6.61 Å². The van der Waals surface area contributed by atoms with Crippen LogP contribution in [0.1, 0.15) is 34.6 Å². The van der Waals surface area contributed by atoms with Gasteiger partial charge in [-0.2, -0.15) is 0 Å². The quantitative estimate of drug-likeness (QED) is 0.675. The molecule has 0 bridgehead atoms. The Balaban J connectivity index is 2.11. The zero-order valence-corrected chi connectivity index (χ0v) is 12.9. The fraction of sp³-hybridized carbons (Fsp3) is 0.158. The largest absolute Gasteiger partial charge is 0.461 e. The van der Waals surface area contributed by atoms with Gasteiger partial charge in [-0.15, -0.1) is 0 Å². The van der Waals surface area contributed by atoms with Crippen molar-refractivity contribution in [3.05, 3.63) is 90.0 Å². The van der Waals surface area contributed by atoms with Crippen LogP contribution in [0.4, 0.5) is 0 Å². The molecule has 0 amide bonds. The van der Waals surface area contributed by atoms with E-state index in [-0.39, 0.29) is 12.0 Å². The van der Waals surface area contributed by atoms with E-state index in [1.807, 2.05) is 65.2 Å². The number of hydrogen-bond acceptors (Lipinski definition) is 3. The fourth-order valence-corrected chi connectivity index (χ4v) is 2.66. The number of ether oxygens (including phenoxy) is 1. The van der Waals surface area contributed by atoms with Crippen LogP contribution >= 0.6 is 0 Å². The van der Waals surface area contributed by atoms with Gasteiger partial charge >= 0.3 is 5.97 Å². The third-order valence-corrected chi connectivity index (χ3v) is 3.66. The highest BCUT2D eigenvalue weighted by molar-refractivity contribution is 5.87. The van der Waals surface area contributed by atoms with E-state index < -0.39 is 0 Å². The number of aromatic nitrogens is 2. The Morgan fingerprint density at radius 3 is 2.13 bits per heavy atom. The van der Waals surface area contributed by atoms with Gasteiger partial charge < -0.3 is 9.30 Å². The molecule has 0 saturated carbocycles. The van der Waals surface area contributed by atoms with Crippen LogP contribution in [0.5, 0.6) is 0 Å². The summed E-state index contributed by atoms with van der Waals surface area (Å²) in [6.07, 6.45) is 3.23. The van der Waals surface area contributed by atoms with Crippen LogP contribution in [0.3, 0.4) is 0 Å². The van der Waals surface area contributed by atoms with Crippen LogP contribution in [0.15, 0.2) is 73.2 Å². The Hall–Kier alpha value is -2.88. The van der Waals surface area contributed by atoms with E-state index in [1.165, 1.54) is 0 Å². The van der Waals surface area contributed by atoms with Gasteiger partial charge in [-0.1, -0.05) is 60.7 Å². The van der Waals surface area contributed by atoms with Gasteiger partial charge in [0.2, 0.25) is 0 Å². The van der Waals surface area contributed by atoms with E-state index >= 15 is 0 Å². The van der Waals surface area contributed by atoms with Gasteiger partial charge in [0, 0.05) is 0 Å². The monoisotopic (exact) mass is 306 g/mol. The molecule has 1 aromatic heterocycles. The van der Waals surface area contributed by atoms with Crippen LogP contribution in [0.2, 0.25) is 0 Å². The van der Waals surface area contributed by atoms with E-state index in [1.54, 1.807) is 19.4 Å². The molecule has 0 aliphatic rings. The third-order valence-electron chi connectivity index (χ3n) is 3.66. The summed E-state index contributed by atoms with van der Waals surface area (Å²) in [5, 5.41) is 0. The van der Waals surface area contributed by atoms with Gasteiger partial charge in [0.1, 0.15) is 5.69 Å². The van der Waals surface area contributed by atoms with Gasteiger partial charge in [-0.3, -0.25) is 0 Å². The van der Waals surface area contributed by atoms with Crippen molar-refractivity contribution in [2.24, 2.45) is 0 Å². The predicted molar refractivity (Wildman–Crippen MR) is 88.3 cm³/mol. The van der Waals surface area contributed by atoms with Crippen molar-refractivity contribution >= 4 is 5.97 Å². The first-order valence-corrected chi connectivity index (χ1v) is 7.60. The van der Waals surface area contributed by atoms with E-state index in [0.717, 1.165) is 11.1 Å². The normalized spacial score (nSPS) is 10.7. The zero-order valence-electron chi connectivity index (χ0n) is 12.9. The Kier molecular flexibility index (Phi) is 4.52. The molecule has 0 spiro atoms. The van der Waals surface area contributed by atoms with Crippen LogP contribution in [-0.4, -0.2) is 22.1 Å². The second-order valence-corrected chi connectivity index (χ2v) is 5.13. The molecule has 23 heavy (non-hydrogen) atoms. The van der Waals surface area contributed by atoms with Gasteiger partial charge in [-0.05, 0) is 18.1 Å². The second kappa shape index (κ2) is 6.92. The second-order valence-electron chi connectivity index (χ2n) is 5.13. The number of imidazole rings is 1. The lowest BCUT2D eigenvalue weighted by atomic mass is 9.98. The molecule has 0 N–H and O–H groups in total. The number of esters is 1. The zero-order chi connectivity index (χ0) is 16.1. The molecule has 116 valence electrons. The molecule has 0 fully saturated rings. The number of hydrogen-bond donors (Lipinski definition) is 0. The van der Waals surface area contributed by atoms with Gasteiger partial charge in [0.15, 0.2) is 0 Å². The van der Waals surface area contributed by atoms with Crippen molar-refractivity contribution in [1.29, 1.82) is 0 Å². The van der Waals surface area contributed by atoms with Gasteiger partial charge in [0.05, 0.1) is 25.2 Å². The first-order chi connectivity index (χ1) is 11.3. The summed E-state index contributed by atoms with van der Waals surface area (Å²) in [4.78, 5) is 16.4. The molecular weight excluding hydrogens is 288 g/mol. The smallest absolute Gasteiger partial charge is 0.356 e. The highest BCUT2D eigenvalue weighted by Crippen LogP contribution is 2.28. The lowest BCUT2D eigenvalue weighted by Crippen LogP contribution is -2.18. The summed E-state index contributed by atoms with van der Waals surface area (Å²) >= 11 is 0. The van der Waals surface area contributed by atoms with Crippen LogP contribution in [-0.2, 0) is 4.74 Å². The van der Waals surface area contributed by atoms with E-state index in [2.05, 4.69) is 4.98 Å². The molecule has 4 nitrogen and oxygen atoms in total. The topological polar surface area (TPSA) is 44.1 Å². The highest BCUT2D eigenvalue weighted by Gasteiger charge is 2.22. The van der Waals surface area contributed by atoms with E-state index in [4.69, 9.17) is 4.74 Å². The summed E-state index contributed by atoms with van der Waals surface area (Å²) in [6, 6.07) is 20.0. The Morgan fingerprint density at radius 2 is 1.61 bits per heavy atom. The maximum atomic E-state index is 12.2. The molecular formula is C19H18N2O2. The molecule has 0 aliphatic heterocycles. The minimum absolute atomic E-state index is 0.126. The van der Waals surface area contributed by atoms with Crippen LogP contribution < -0.4 is 0 Å². The van der Waals surface area contributed by atoms with Gasteiger partial charge in [-0.25, -0.2) is 9.78 Å². The average Bonchev–Trinajstić information content (AvgIpc) is 3.07. The molecule has 1 heterocycles. The number of rotatable bonds is 5. The third kappa shape index (κ3) is 3.16. The summed E-state index contributed by atoms with van der Waals surface area (Å²) < 4.78 is 7.01. The van der Waals surface area contributed by atoms with Gasteiger partial charge in [0.25, 0.3) is 0 Å². The summed E-state index contributed by atoms with van der Waals surface area (Å²) in [6.45, 7) is 2.13. The molecule has 2 aromatic carbocycles. The molecule has 3 aromatic rings. The highest BCUT2D eigenvalue weighted by atomic mass is 16.5. The Labute approximate surface area is 135 Å².